The van der Waals surface area contributed by atoms with E-state index in [4.69, 9.17) is 4.74 Å². The lowest BCUT2D eigenvalue weighted by Gasteiger charge is -2.38. The Morgan fingerprint density at radius 2 is 1.90 bits per heavy atom. The molecule has 4 aliphatic rings. The van der Waals surface area contributed by atoms with Crippen molar-refractivity contribution in [2.75, 3.05) is 44.4 Å². The number of benzene rings is 1. The molecule has 14 heteroatoms. The Morgan fingerprint density at radius 3 is 2.52 bits per heavy atom. The number of rotatable bonds is 6. The van der Waals surface area contributed by atoms with Gasteiger partial charge in [0, 0.05) is 31.0 Å². The van der Waals surface area contributed by atoms with Crippen molar-refractivity contribution in [3.05, 3.63) is 52.0 Å². The summed E-state index contributed by atoms with van der Waals surface area (Å²) in [6.07, 6.45) is -0.953. The van der Waals surface area contributed by atoms with Crippen molar-refractivity contribution < 1.29 is 31.1 Å². The largest absolute Gasteiger partial charge is 0.420 e. The fourth-order valence-corrected chi connectivity index (χ4v) is 8.63. The van der Waals surface area contributed by atoms with Gasteiger partial charge in [0.2, 0.25) is 5.95 Å². The van der Waals surface area contributed by atoms with Gasteiger partial charge in [0.1, 0.15) is 10.4 Å². The van der Waals surface area contributed by atoms with E-state index in [2.05, 4.69) is 33.3 Å². The number of carbonyl (C=O) groups excluding carboxylic acids is 1. The molecule has 1 aliphatic carbocycles. The van der Waals surface area contributed by atoms with Crippen molar-refractivity contribution in [1.82, 2.24) is 19.8 Å². The maximum Gasteiger partial charge on any atom is 0.420 e. The predicted molar refractivity (Wildman–Crippen MR) is 150 cm³/mol. The van der Waals surface area contributed by atoms with E-state index in [1.54, 1.807) is 0 Å². The van der Waals surface area contributed by atoms with Crippen LogP contribution in [0.25, 0.3) is 10.6 Å². The zero-order valence-electron chi connectivity index (χ0n) is 22.6. The number of ether oxygens (including phenoxy) is 1. The number of amides is 1. The number of anilines is 2. The maximum absolute atomic E-state index is 14.2. The number of nitrogens with zero attached hydrogens (tertiary/aromatic N) is 4. The summed E-state index contributed by atoms with van der Waals surface area (Å²) >= 11 is 0.712. The molecule has 1 unspecified atom stereocenters. The van der Waals surface area contributed by atoms with Crippen molar-refractivity contribution in [1.29, 1.82) is 0 Å². The van der Waals surface area contributed by atoms with Crippen LogP contribution in [-0.4, -0.2) is 79.2 Å². The third-order valence-electron chi connectivity index (χ3n) is 8.49. The van der Waals surface area contributed by atoms with Gasteiger partial charge in [-0.05, 0) is 55.5 Å². The quantitative estimate of drug-likeness (QED) is 0.418. The van der Waals surface area contributed by atoms with Crippen molar-refractivity contribution in [3.63, 3.8) is 0 Å². The molecule has 42 heavy (non-hydrogen) atoms. The van der Waals surface area contributed by atoms with Gasteiger partial charge in [0.25, 0.3) is 5.91 Å². The van der Waals surface area contributed by atoms with Gasteiger partial charge in [-0.3, -0.25) is 9.69 Å². The number of halogens is 3. The lowest BCUT2D eigenvalue weighted by Crippen LogP contribution is -2.52. The summed E-state index contributed by atoms with van der Waals surface area (Å²) in [7, 11) is -1.83. The fraction of sp³-hybridized carbons (Fsp3) is 0.464. The van der Waals surface area contributed by atoms with E-state index in [0.717, 1.165) is 43.1 Å². The molecule has 0 bridgehead atoms. The van der Waals surface area contributed by atoms with Gasteiger partial charge in [0.05, 0.1) is 40.5 Å². The van der Waals surface area contributed by atoms with Crippen LogP contribution in [0.2, 0.25) is 0 Å². The van der Waals surface area contributed by atoms with Gasteiger partial charge in [-0.25, -0.2) is 18.4 Å². The molecule has 1 N–H and O–H groups in total. The van der Waals surface area contributed by atoms with Gasteiger partial charge in [-0.15, -0.1) is 11.3 Å². The highest BCUT2D eigenvalue weighted by Crippen LogP contribution is 2.47. The third kappa shape index (κ3) is 4.87. The van der Waals surface area contributed by atoms with Crippen LogP contribution in [0.3, 0.4) is 0 Å². The Balaban J connectivity index is 1.27. The average molecular weight is 620 g/mol. The van der Waals surface area contributed by atoms with E-state index >= 15 is 0 Å². The number of thiophene rings is 1. The molecule has 9 nitrogen and oxygen atoms in total. The number of carbonyl (C=O) groups is 1. The maximum atomic E-state index is 14.2. The van der Waals surface area contributed by atoms with Crippen molar-refractivity contribution in [2.45, 2.75) is 48.3 Å². The summed E-state index contributed by atoms with van der Waals surface area (Å²) in [6.45, 7) is 1.62. The van der Waals surface area contributed by atoms with Crippen LogP contribution < -0.4 is 5.32 Å². The zero-order chi connectivity index (χ0) is 29.4. The van der Waals surface area contributed by atoms with Gasteiger partial charge in [-0.2, -0.15) is 13.2 Å². The minimum absolute atomic E-state index is 0.000451. The molecule has 3 fully saturated rings. The van der Waals surface area contributed by atoms with E-state index in [9.17, 15) is 26.4 Å². The van der Waals surface area contributed by atoms with E-state index in [0.29, 0.717) is 42.7 Å². The Bertz CT molecular complexity index is 1680. The van der Waals surface area contributed by atoms with Crippen LogP contribution in [0.5, 0.6) is 0 Å². The number of hydrogen-bond acceptors (Lipinski definition) is 9. The molecule has 5 heterocycles. The first-order valence-corrected chi connectivity index (χ1v) is 16.3. The lowest BCUT2D eigenvalue weighted by atomic mass is 9.92. The Labute approximate surface area is 244 Å². The van der Waals surface area contributed by atoms with Gasteiger partial charge in [0.15, 0.2) is 9.84 Å². The van der Waals surface area contributed by atoms with Crippen molar-refractivity contribution >= 4 is 38.7 Å². The summed E-state index contributed by atoms with van der Waals surface area (Å²) in [6, 6.07) is 7.34. The van der Waals surface area contributed by atoms with Gasteiger partial charge in [-0.1, -0.05) is 12.1 Å². The number of fused-ring (bicyclic) bond motifs is 1. The second-order valence-electron chi connectivity index (χ2n) is 11.3. The first kappa shape index (κ1) is 27.7. The highest BCUT2D eigenvalue weighted by Gasteiger charge is 2.41. The van der Waals surface area contributed by atoms with E-state index in [1.807, 2.05) is 12.1 Å². The highest BCUT2D eigenvalue weighted by molar-refractivity contribution is 7.91. The second-order valence-corrected chi connectivity index (χ2v) is 14.4. The van der Waals surface area contributed by atoms with Crippen LogP contribution in [-0.2, 0) is 20.8 Å². The van der Waals surface area contributed by atoms with E-state index in [-0.39, 0.29) is 38.9 Å². The molecule has 3 aromatic rings. The summed E-state index contributed by atoms with van der Waals surface area (Å²) in [5.41, 5.74) is 1.44. The highest BCUT2D eigenvalue weighted by atomic mass is 32.2. The molecule has 222 valence electrons. The molecule has 1 amide bonds. The number of hydrogen-bond donors (Lipinski definition) is 1. The molecule has 7 rings (SSSR count). The fourth-order valence-electron chi connectivity index (χ4n) is 5.71. The first-order chi connectivity index (χ1) is 20.0. The number of likely N-dealkylation sites (tertiary alicyclic amines) is 1. The van der Waals surface area contributed by atoms with Crippen LogP contribution in [0.15, 0.2) is 35.4 Å². The van der Waals surface area contributed by atoms with Gasteiger partial charge >= 0.3 is 6.18 Å². The monoisotopic (exact) mass is 619 g/mol. The summed E-state index contributed by atoms with van der Waals surface area (Å²) in [5, 5.41) is 3.12. The third-order valence-corrected chi connectivity index (χ3v) is 11.5. The number of aromatic nitrogens is 2. The number of alkyl halides is 3. The molecule has 0 spiro atoms. The Kier molecular flexibility index (Phi) is 6.60. The minimum Gasteiger partial charge on any atom is -0.377 e. The first-order valence-electron chi connectivity index (χ1n) is 13.8. The van der Waals surface area contributed by atoms with Crippen molar-refractivity contribution in [2.24, 2.45) is 0 Å². The molecular formula is C28H28F3N5O4S2. The van der Waals surface area contributed by atoms with E-state index in [1.165, 1.54) is 10.5 Å². The van der Waals surface area contributed by atoms with Crippen LogP contribution in [0.4, 0.5) is 24.8 Å². The predicted octanol–water partition coefficient (Wildman–Crippen LogP) is 4.85. The average Bonchev–Trinajstić information content (AvgIpc) is 3.66. The molecule has 0 radical (unpaired) electrons. The topological polar surface area (TPSA) is 105 Å². The number of nitrogens with one attached hydrogen (secondary N) is 1. The van der Waals surface area contributed by atoms with Gasteiger partial charge < -0.3 is 15.0 Å². The molecule has 3 aliphatic heterocycles. The van der Waals surface area contributed by atoms with Crippen molar-refractivity contribution in [3.8, 4) is 10.6 Å². The standard InChI is InChI=1S/C28H28F3N5O4S2/c1-35-7-6-21(35)16-4-5-20(18(10-16)15-2-3-15)33-27-32-12-19(28(29,30)31)24(34-27)22-11-23-25(41-22)26(37)36(17-13-40-14-17)8-9-42(23,38)39/h4-5,10-12,15,17,21H,2-3,6-9,13-14H2,1H3,(H,32,33,34). The molecular weight excluding hydrogens is 591 g/mol. The molecule has 1 atom stereocenters. The summed E-state index contributed by atoms with van der Waals surface area (Å²) in [4.78, 5) is 24.9. The Hall–Kier alpha value is -3.07. The number of sulfone groups is 1. The summed E-state index contributed by atoms with van der Waals surface area (Å²) in [5.74, 6) is -0.528. The molecule has 1 saturated carbocycles. The molecule has 2 aromatic heterocycles. The molecule has 1 aromatic carbocycles. The SMILES string of the molecule is CN1CCC1c1ccc(Nc2ncc(C(F)(F)F)c(-c3cc4c(s3)C(=O)N(C3COC3)CCS4(=O)=O)n2)c(C2CC2)c1. The normalized spacial score (nSPS) is 22.7. The minimum atomic E-state index is -4.80. The smallest absolute Gasteiger partial charge is 0.377 e. The van der Waals surface area contributed by atoms with Crippen LogP contribution in [0, 0.1) is 0 Å². The lowest BCUT2D eigenvalue weighted by molar-refractivity contribution is -0.137. The second kappa shape index (κ2) is 10.00. The van der Waals surface area contributed by atoms with Crippen LogP contribution in [0.1, 0.15) is 57.6 Å². The zero-order valence-corrected chi connectivity index (χ0v) is 24.3. The Morgan fingerprint density at radius 1 is 1.12 bits per heavy atom. The molecule has 2 saturated heterocycles. The van der Waals surface area contributed by atoms with E-state index < -0.39 is 33.2 Å². The van der Waals surface area contributed by atoms with Crippen LogP contribution >= 0.6 is 11.3 Å². The summed E-state index contributed by atoms with van der Waals surface area (Å²) < 4.78 is 73.8.